The molecule has 0 aliphatic carbocycles. The lowest BCUT2D eigenvalue weighted by Gasteiger charge is -2.06. The molecule has 2 aromatic carbocycles. The molecule has 0 aliphatic rings. The Hall–Kier alpha value is -2.16. The number of hydrogen-bond acceptors (Lipinski definition) is 5. The molecule has 24 heavy (non-hydrogen) atoms. The number of sulfonamides is 1. The summed E-state index contributed by atoms with van der Waals surface area (Å²) in [5.74, 6) is -0.320. The minimum Gasteiger partial charge on any atom is -0.322 e. The summed E-state index contributed by atoms with van der Waals surface area (Å²) in [4.78, 5) is 16.4. The second kappa shape index (κ2) is 6.39. The van der Waals surface area contributed by atoms with E-state index < -0.39 is 10.0 Å². The number of carbonyl (C=O) groups excluding carboxylic acids is 1. The number of rotatable bonds is 4. The van der Waals surface area contributed by atoms with E-state index in [4.69, 9.17) is 11.6 Å². The highest BCUT2D eigenvalue weighted by Crippen LogP contribution is 2.29. The summed E-state index contributed by atoms with van der Waals surface area (Å²) in [7, 11) is -3.38. The molecule has 6 nitrogen and oxygen atoms in total. The first kappa shape index (κ1) is 16.7. The standard InChI is InChI=1S/C15H12ClN3O3S2/c1-24(21,22)19-15-18-12-7-6-9(8-13(12)23-15)17-14(20)10-4-2-3-5-11(10)16/h2-8H,1H3,(H,17,20)(H,18,19). The van der Waals surface area contributed by atoms with Crippen LogP contribution in [0.4, 0.5) is 10.8 Å². The van der Waals surface area contributed by atoms with Crippen LogP contribution in [0.1, 0.15) is 10.4 Å². The summed E-state index contributed by atoms with van der Waals surface area (Å²) in [6, 6.07) is 11.9. The molecular weight excluding hydrogens is 370 g/mol. The largest absolute Gasteiger partial charge is 0.322 e. The van der Waals surface area contributed by atoms with Crippen LogP contribution in [-0.2, 0) is 10.0 Å². The van der Waals surface area contributed by atoms with E-state index in [-0.39, 0.29) is 11.0 Å². The lowest BCUT2D eigenvalue weighted by atomic mass is 10.2. The number of anilines is 2. The molecule has 0 atom stereocenters. The Labute approximate surface area is 147 Å². The lowest BCUT2D eigenvalue weighted by Crippen LogP contribution is -2.12. The van der Waals surface area contributed by atoms with E-state index in [9.17, 15) is 13.2 Å². The number of halogens is 1. The number of fused-ring (bicyclic) bond motifs is 1. The highest BCUT2D eigenvalue weighted by molar-refractivity contribution is 7.92. The zero-order valence-electron chi connectivity index (χ0n) is 12.4. The van der Waals surface area contributed by atoms with Gasteiger partial charge < -0.3 is 5.32 Å². The Morgan fingerprint density at radius 2 is 1.96 bits per heavy atom. The molecule has 3 rings (SSSR count). The maximum Gasteiger partial charge on any atom is 0.257 e. The van der Waals surface area contributed by atoms with Crippen LogP contribution in [0.3, 0.4) is 0 Å². The van der Waals surface area contributed by atoms with Gasteiger partial charge in [0.25, 0.3) is 5.91 Å². The maximum absolute atomic E-state index is 12.3. The van der Waals surface area contributed by atoms with Crippen molar-refractivity contribution in [3.8, 4) is 0 Å². The van der Waals surface area contributed by atoms with Gasteiger partial charge in [-0.2, -0.15) is 0 Å². The lowest BCUT2D eigenvalue weighted by molar-refractivity contribution is 0.102. The molecule has 0 aliphatic heterocycles. The van der Waals surface area contributed by atoms with Gasteiger partial charge in [-0.05, 0) is 30.3 Å². The number of carbonyl (C=O) groups is 1. The van der Waals surface area contributed by atoms with Gasteiger partial charge in [0.2, 0.25) is 10.0 Å². The monoisotopic (exact) mass is 381 g/mol. The third kappa shape index (κ3) is 3.84. The smallest absolute Gasteiger partial charge is 0.257 e. The Morgan fingerprint density at radius 1 is 1.21 bits per heavy atom. The Morgan fingerprint density at radius 3 is 2.67 bits per heavy atom. The van der Waals surface area contributed by atoms with Crippen molar-refractivity contribution in [2.75, 3.05) is 16.3 Å². The van der Waals surface area contributed by atoms with E-state index in [0.717, 1.165) is 11.0 Å². The molecule has 124 valence electrons. The van der Waals surface area contributed by atoms with Crippen molar-refractivity contribution in [3.63, 3.8) is 0 Å². The fraction of sp³-hybridized carbons (Fsp3) is 0.0667. The SMILES string of the molecule is CS(=O)(=O)Nc1nc2ccc(NC(=O)c3ccccc3Cl)cc2s1. The summed E-state index contributed by atoms with van der Waals surface area (Å²) >= 11 is 7.20. The van der Waals surface area contributed by atoms with Gasteiger partial charge >= 0.3 is 0 Å². The molecule has 0 bridgehead atoms. The molecule has 0 unspecified atom stereocenters. The van der Waals surface area contributed by atoms with Gasteiger partial charge in [0.1, 0.15) is 0 Å². The van der Waals surface area contributed by atoms with Gasteiger partial charge in [0.15, 0.2) is 5.13 Å². The highest BCUT2D eigenvalue weighted by Gasteiger charge is 2.12. The summed E-state index contributed by atoms with van der Waals surface area (Å²) in [6.45, 7) is 0. The minimum atomic E-state index is -3.38. The van der Waals surface area contributed by atoms with Crippen LogP contribution in [0, 0.1) is 0 Å². The molecule has 1 aromatic heterocycles. The fourth-order valence-electron chi connectivity index (χ4n) is 2.05. The highest BCUT2D eigenvalue weighted by atomic mass is 35.5. The minimum absolute atomic E-state index is 0.280. The fourth-order valence-corrected chi connectivity index (χ4v) is 4.01. The van der Waals surface area contributed by atoms with Crippen molar-refractivity contribution in [3.05, 3.63) is 53.1 Å². The molecule has 0 saturated carbocycles. The van der Waals surface area contributed by atoms with Gasteiger partial charge in [0.05, 0.1) is 27.1 Å². The average molecular weight is 382 g/mol. The van der Waals surface area contributed by atoms with Crippen LogP contribution >= 0.6 is 22.9 Å². The normalized spacial score (nSPS) is 11.4. The van der Waals surface area contributed by atoms with Crippen LogP contribution in [-0.4, -0.2) is 25.6 Å². The number of benzene rings is 2. The number of nitrogens with zero attached hydrogens (tertiary/aromatic N) is 1. The average Bonchev–Trinajstić information content (AvgIpc) is 2.86. The molecular formula is C15H12ClN3O3S2. The van der Waals surface area contributed by atoms with Gasteiger partial charge in [-0.3, -0.25) is 9.52 Å². The summed E-state index contributed by atoms with van der Waals surface area (Å²) in [5.41, 5.74) is 1.59. The first-order chi connectivity index (χ1) is 11.3. The van der Waals surface area contributed by atoms with E-state index in [1.165, 1.54) is 11.3 Å². The number of amides is 1. The van der Waals surface area contributed by atoms with Crippen molar-refractivity contribution < 1.29 is 13.2 Å². The van der Waals surface area contributed by atoms with Crippen LogP contribution in [0.2, 0.25) is 5.02 Å². The molecule has 0 radical (unpaired) electrons. The Bertz CT molecular complexity index is 1030. The maximum atomic E-state index is 12.3. The first-order valence-electron chi connectivity index (χ1n) is 6.76. The van der Waals surface area contributed by atoms with E-state index in [1.54, 1.807) is 42.5 Å². The number of nitrogens with one attached hydrogen (secondary N) is 2. The van der Waals surface area contributed by atoms with E-state index in [1.807, 2.05) is 0 Å². The van der Waals surface area contributed by atoms with Gasteiger partial charge in [0, 0.05) is 5.69 Å². The van der Waals surface area contributed by atoms with E-state index in [0.29, 0.717) is 21.8 Å². The Balaban J connectivity index is 1.86. The number of aromatic nitrogens is 1. The Kier molecular flexibility index (Phi) is 4.44. The van der Waals surface area contributed by atoms with Crippen LogP contribution in [0.25, 0.3) is 10.2 Å². The predicted molar refractivity (Wildman–Crippen MR) is 97.5 cm³/mol. The van der Waals surface area contributed by atoms with Gasteiger partial charge in [-0.1, -0.05) is 35.1 Å². The zero-order chi connectivity index (χ0) is 17.3. The number of thiazole rings is 1. The molecule has 0 fully saturated rings. The van der Waals surface area contributed by atoms with E-state index in [2.05, 4.69) is 15.0 Å². The zero-order valence-corrected chi connectivity index (χ0v) is 14.8. The van der Waals surface area contributed by atoms with Crippen molar-refractivity contribution in [1.29, 1.82) is 0 Å². The van der Waals surface area contributed by atoms with Gasteiger partial charge in [-0.25, -0.2) is 13.4 Å². The molecule has 0 spiro atoms. The topological polar surface area (TPSA) is 88.2 Å². The quantitative estimate of drug-likeness (QED) is 0.723. The third-order valence-corrected chi connectivity index (χ3v) is 4.99. The van der Waals surface area contributed by atoms with Crippen LogP contribution in [0.15, 0.2) is 42.5 Å². The van der Waals surface area contributed by atoms with E-state index >= 15 is 0 Å². The predicted octanol–water partition coefficient (Wildman–Crippen LogP) is 3.57. The van der Waals surface area contributed by atoms with Crippen molar-refractivity contribution in [2.24, 2.45) is 0 Å². The molecule has 1 amide bonds. The second-order valence-electron chi connectivity index (χ2n) is 5.01. The van der Waals surface area contributed by atoms with Crippen molar-refractivity contribution in [2.45, 2.75) is 0 Å². The first-order valence-corrected chi connectivity index (χ1v) is 9.85. The van der Waals surface area contributed by atoms with Crippen molar-refractivity contribution >= 4 is 59.9 Å². The molecule has 0 saturated heterocycles. The summed E-state index contributed by atoms with van der Waals surface area (Å²) < 4.78 is 25.6. The third-order valence-electron chi connectivity index (χ3n) is 3.04. The van der Waals surface area contributed by atoms with Crippen molar-refractivity contribution in [1.82, 2.24) is 4.98 Å². The molecule has 2 N–H and O–H groups in total. The molecule has 3 aromatic rings. The molecule has 9 heteroatoms. The molecule has 1 heterocycles. The summed E-state index contributed by atoms with van der Waals surface area (Å²) in [6.07, 6.45) is 1.06. The number of hydrogen-bond donors (Lipinski definition) is 2. The van der Waals surface area contributed by atoms with Gasteiger partial charge in [-0.15, -0.1) is 0 Å². The second-order valence-corrected chi connectivity index (χ2v) is 8.20. The summed E-state index contributed by atoms with van der Waals surface area (Å²) in [5, 5.41) is 3.41. The van der Waals surface area contributed by atoms with Crippen LogP contribution in [0.5, 0.6) is 0 Å². The van der Waals surface area contributed by atoms with Crippen LogP contribution < -0.4 is 10.0 Å².